The van der Waals surface area contributed by atoms with Crippen molar-refractivity contribution in [2.75, 3.05) is 13.7 Å². The summed E-state index contributed by atoms with van der Waals surface area (Å²) in [6.07, 6.45) is 7.75. The van der Waals surface area contributed by atoms with Gasteiger partial charge in [-0.05, 0) is 128 Å². The van der Waals surface area contributed by atoms with Crippen LogP contribution in [-0.2, 0) is 24.4 Å². The number of aromatic nitrogens is 2. The fraction of sp³-hybridized carbons (Fsp3) is 0.574. The highest BCUT2D eigenvalue weighted by Gasteiger charge is 2.63. The number of hydrogen-bond donors (Lipinski definition) is 4. The molecule has 17 heteroatoms. The summed E-state index contributed by atoms with van der Waals surface area (Å²) in [5, 5.41) is 10.2. The fourth-order valence-corrected chi connectivity index (χ4v) is 10.00. The molecule has 7 atom stereocenters. The van der Waals surface area contributed by atoms with Crippen LogP contribution in [0.5, 0.6) is 17.5 Å². The van der Waals surface area contributed by atoms with E-state index in [0.29, 0.717) is 54.0 Å². The van der Waals surface area contributed by atoms with Gasteiger partial charge in [0.05, 0.1) is 30.2 Å². The van der Waals surface area contributed by atoms with Crippen LogP contribution in [0.2, 0.25) is 0 Å². The van der Waals surface area contributed by atoms with Gasteiger partial charge in [0.2, 0.25) is 33.6 Å². The molecule has 4 aliphatic rings. The van der Waals surface area contributed by atoms with Crippen LogP contribution in [0.4, 0.5) is 4.79 Å². The van der Waals surface area contributed by atoms with Crippen molar-refractivity contribution >= 4 is 44.5 Å². The average Bonchev–Trinajstić information content (AvgIpc) is 4.10. The van der Waals surface area contributed by atoms with Crippen LogP contribution < -0.4 is 34.9 Å². The van der Waals surface area contributed by atoms with Gasteiger partial charge in [-0.1, -0.05) is 26.0 Å². The molecule has 64 heavy (non-hydrogen) atoms. The molecule has 1 saturated heterocycles. The highest BCUT2D eigenvalue weighted by molar-refractivity contribution is 7.91. The standard InChI is InChI=1S/C47H63N7O9S/c1-27(2)62-38-17-14-30(25-48-38)36-22-31-21-33(61-9)15-16-35(31)41(49-36)63-34-23-37-40(55)51-47(43(57)53-64(59,60)46(8)18-19-46)24-32(47)13-11-10-12-28(3)20-29(4)39(42(56)54(37)26-34)50-44(58)52-45(5,6)7/h11,13-17,21-22,25,27-29,32,34,37,39H,10,12,18-20,23-24,26H2,1-9H3,(H,51,55)(H,53,57)(H2,50,52,58). The van der Waals surface area contributed by atoms with Crippen LogP contribution >= 0.6 is 0 Å². The van der Waals surface area contributed by atoms with E-state index >= 15 is 4.79 Å². The molecule has 7 rings (SSSR count). The van der Waals surface area contributed by atoms with Gasteiger partial charge in [-0.15, -0.1) is 0 Å². The predicted molar refractivity (Wildman–Crippen MR) is 242 cm³/mol. The molecular weight excluding hydrogens is 839 g/mol. The number of fused-ring (bicyclic) bond motifs is 3. The number of carbonyl (C=O) groups is 4. The molecule has 7 unspecified atom stereocenters. The molecule has 4 heterocycles. The van der Waals surface area contributed by atoms with Crippen LogP contribution in [0.1, 0.15) is 100 Å². The number of urea groups is 1. The molecule has 0 spiro atoms. The zero-order valence-corrected chi connectivity index (χ0v) is 39.1. The Morgan fingerprint density at radius 1 is 1.05 bits per heavy atom. The largest absolute Gasteiger partial charge is 0.497 e. The zero-order valence-electron chi connectivity index (χ0n) is 38.3. The van der Waals surface area contributed by atoms with E-state index in [1.165, 1.54) is 4.90 Å². The number of rotatable bonds is 10. The topological polar surface area (TPSA) is 207 Å². The Labute approximate surface area is 376 Å². The molecule has 0 radical (unpaired) electrons. The molecule has 2 saturated carbocycles. The third-order valence-electron chi connectivity index (χ3n) is 12.7. The third-order valence-corrected chi connectivity index (χ3v) is 14.9. The van der Waals surface area contributed by atoms with Crippen molar-refractivity contribution in [1.29, 1.82) is 0 Å². The van der Waals surface area contributed by atoms with Crippen LogP contribution in [0.15, 0.2) is 54.7 Å². The molecule has 2 aromatic heterocycles. The summed E-state index contributed by atoms with van der Waals surface area (Å²) in [4.78, 5) is 68.3. The van der Waals surface area contributed by atoms with Crippen LogP contribution in [-0.4, -0.2) is 101 Å². The summed E-state index contributed by atoms with van der Waals surface area (Å²) in [7, 11) is -2.45. The monoisotopic (exact) mass is 901 g/mol. The Morgan fingerprint density at radius 3 is 2.45 bits per heavy atom. The summed E-state index contributed by atoms with van der Waals surface area (Å²) in [6, 6.07) is 8.29. The second-order valence-electron chi connectivity index (χ2n) is 19.7. The molecule has 4 N–H and O–H groups in total. The summed E-state index contributed by atoms with van der Waals surface area (Å²) in [5.74, 6) is -1.26. The molecular formula is C47H63N7O9S. The lowest BCUT2D eigenvalue weighted by Gasteiger charge is -2.33. The molecule has 1 aromatic carbocycles. The van der Waals surface area contributed by atoms with E-state index < -0.39 is 73.7 Å². The highest BCUT2D eigenvalue weighted by atomic mass is 32.2. The van der Waals surface area contributed by atoms with Gasteiger partial charge < -0.3 is 35.1 Å². The second kappa shape index (κ2) is 17.8. The summed E-state index contributed by atoms with van der Waals surface area (Å²) >= 11 is 0. The number of hydrogen-bond acceptors (Lipinski definition) is 11. The van der Waals surface area contributed by atoms with Crippen molar-refractivity contribution in [3.05, 3.63) is 54.7 Å². The normalized spacial score (nSPS) is 27.0. The first kappa shape index (κ1) is 46.5. The van der Waals surface area contributed by atoms with Gasteiger partial charge in [0, 0.05) is 41.1 Å². The van der Waals surface area contributed by atoms with Gasteiger partial charge in [0.25, 0.3) is 5.91 Å². The van der Waals surface area contributed by atoms with Gasteiger partial charge in [-0.2, -0.15) is 0 Å². The smallest absolute Gasteiger partial charge is 0.315 e. The number of carbonyl (C=O) groups excluding carboxylic acids is 4. The van der Waals surface area contributed by atoms with Crippen LogP contribution in [0.3, 0.4) is 0 Å². The van der Waals surface area contributed by atoms with Crippen molar-refractivity contribution in [3.8, 4) is 28.8 Å². The first-order valence-electron chi connectivity index (χ1n) is 22.3. The Kier molecular flexibility index (Phi) is 13.0. The fourth-order valence-electron chi connectivity index (χ4n) is 8.68. The van der Waals surface area contributed by atoms with Gasteiger partial charge in [-0.3, -0.25) is 19.1 Å². The van der Waals surface area contributed by atoms with E-state index in [4.69, 9.17) is 19.2 Å². The SMILES string of the molecule is COc1ccc2c(OC3CC4C(=O)NC5(C(=O)NS(=O)(=O)C6(C)CC6)CC5C=CCCC(C)CC(C)C(NC(=O)NC(C)(C)C)C(=O)N4C3)nc(-c3ccc(OC(C)C)nc3)cc2c1. The van der Waals surface area contributed by atoms with Gasteiger partial charge in [0.15, 0.2) is 0 Å². The van der Waals surface area contributed by atoms with E-state index in [9.17, 15) is 22.8 Å². The van der Waals surface area contributed by atoms with Crippen LogP contribution in [0, 0.1) is 17.8 Å². The number of ether oxygens (including phenoxy) is 3. The van der Waals surface area contributed by atoms with Crippen molar-refractivity contribution in [1.82, 2.24) is 35.5 Å². The first-order chi connectivity index (χ1) is 30.1. The first-order valence-corrected chi connectivity index (χ1v) is 23.8. The van der Waals surface area contributed by atoms with Gasteiger partial charge >= 0.3 is 6.03 Å². The zero-order chi connectivity index (χ0) is 46.4. The minimum Gasteiger partial charge on any atom is -0.497 e. The minimum absolute atomic E-state index is 0.00416. The molecule has 346 valence electrons. The van der Waals surface area contributed by atoms with Gasteiger partial charge in [0.1, 0.15) is 29.5 Å². The lowest BCUT2D eigenvalue weighted by molar-refractivity contribution is -0.142. The lowest BCUT2D eigenvalue weighted by atomic mass is 9.88. The average molecular weight is 902 g/mol. The Bertz CT molecular complexity index is 2410. The maximum absolute atomic E-state index is 15.1. The van der Waals surface area contributed by atoms with Crippen LogP contribution in [0.25, 0.3) is 22.0 Å². The Hall–Kier alpha value is -5.45. The number of allylic oxidation sites excluding steroid dienone is 1. The number of nitrogens with one attached hydrogen (secondary N) is 4. The lowest BCUT2D eigenvalue weighted by Crippen LogP contribution is -2.60. The van der Waals surface area contributed by atoms with Gasteiger partial charge in [-0.25, -0.2) is 23.2 Å². The Morgan fingerprint density at radius 2 is 1.80 bits per heavy atom. The van der Waals surface area contributed by atoms with Crippen molar-refractivity contribution in [2.45, 2.75) is 140 Å². The van der Waals surface area contributed by atoms with E-state index in [2.05, 4.69) is 32.6 Å². The Balaban J connectivity index is 1.26. The van der Waals surface area contributed by atoms with Crippen molar-refractivity contribution < 1.29 is 41.8 Å². The number of methoxy groups -OCH3 is 1. The maximum atomic E-state index is 15.1. The third kappa shape index (κ3) is 10.2. The second-order valence-corrected chi connectivity index (χ2v) is 21.9. The molecule has 3 aromatic rings. The van der Waals surface area contributed by atoms with Crippen molar-refractivity contribution in [2.24, 2.45) is 17.8 Å². The number of nitrogens with zero attached hydrogens (tertiary/aromatic N) is 3. The molecule has 3 fully saturated rings. The minimum atomic E-state index is -4.03. The molecule has 16 nitrogen and oxygen atoms in total. The molecule has 0 bridgehead atoms. The number of pyridine rings is 2. The number of benzene rings is 1. The summed E-state index contributed by atoms with van der Waals surface area (Å²) in [6.45, 7) is 14.9. The van der Waals surface area contributed by atoms with E-state index in [0.717, 1.165) is 11.8 Å². The summed E-state index contributed by atoms with van der Waals surface area (Å²) < 4.78 is 46.0. The van der Waals surface area contributed by atoms with E-state index in [1.807, 2.05) is 78.0 Å². The predicted octanol–water partition coefficient (Wildman–Crippen LogP) is 5.79. The molecule has 2 aliphatic carbocycles. The van der Waals surface area contributed by atoms with E-state index in [-0.39, 0.29) is 43.2 Å². The maximum Gasteiger partial charge on any atom is 0.315 e. The van der Waals surface area contributed by atoms with Crippen molar-refractivity contribution in [3.63, 3.8) is 0 Å². The number of amides is 5. The number of sulfonamides is 1. The molecule has 5 amide bonds. The quantitative estimate of drug-likeness (QED) is 0.179. The molecule has 2 aliphatic heterocycles. The van der Waals surface area contributed by atoms with E-state index in [1.54, 1.807) is 32.4 Å². The highest BCUT2D eigenvalue weighted by Crippen LogP contribution is 2.48. The summed E-state index contributed by atoms with van der Waals surface area (Å²) in [5.41, 5.74) is -0.912.